The average Bonchev–Trinajstić information content (AvgIpc) is 3.25. The first-order valence-corrected chi connectivity index (χ1v) is 10.0. The Bertz CT molecular complexity index is 1380. The van der Waals surface area contributed by atoms with Crippen LogP contribution in [0.4, 0.5) is 5.69 Å². The third-order valence-corrected chi connectivity index (χ3v) is 4.93. The lowest BCUT2D eigenvalue weighted by molar-refractivity contribution is -0.384. The van der Waals surface area contributed by atoms with E-state index in [2.05, 4.69) is 10.5 Å². The summed E-state index contributed by atoms with van der Waals surface area (Å²) < 4.78 is 11.8. The molecule has 0 saturated carbocycles. The van der Waals surface area contributed by atoms with E-state index >= 15 is 0 Å². The Labute approximate surface area is 194 Å². The minimum atomic E-state index is -0.593. The van der Waals surface area contributed by atoms with Crippen LogP contribution in [0.5, 0.6) is 0 Å². The van der Waals surface area contributed by atoms with E-state index in [1.165, 1.54) is 24.0 Å². The van der Waals surface area contributed by atoms with Gasteiger partial charge < -0.3 is 13.7 Å². The van der Waals surface area contributed by atoms with Gasteiger partial charge in [-0.3, -0.25) is 19.7 Å². The van der Waals surface area contributed by atoms with Crippen molar-refractivity contribution in [1.82, 2.24) is 9.99 Å². The third kappa shape index (κ3) is 5.25. The lowest BCUT2D eigenvalue weighted by atomic mass is 10.1. The van der Waals surface area contributed by atoms with Gasteiger partial charge in [0.1, 0.15) is 29.7 Å². The fraction of sp³-hybridized carbons (Fsp3) is 0.217. The first kappa shape index (κ1) is 24.1. The summed E-state index contributed by atoms with van der Waals surface area (Å²) in [6.07, 6.45) is 1.24. The molecule has 0 radical (unpaired) electrons. The number of pyridine rings is 1. The van der Waals surface area contributed by atoms with Crippen molar-refractivity contribution in [1.29, 1.82) is 5.26 Å². The fourth-order valence-electron chi connectivity index (χ4n) is 3.34. The lowest BCUT2D eigenvalue weighted by Gasteiger charge is -2.12. The van der Waals surface area contributed by atoms with Gasteiger partial charge in [0, 0.05) is 24.4 Å². The second kappa shape index (κ2) is 10.4. The third-order valence-electron chi connectivity index (χ3n) is 4.93. The maximum absolute atomic E-state index is 12.6. The molecule has 0 aliphatic carbocycles. The maximum Gasteiger partial charge on any atom is 0.280 e. The monoisotopic (exact) mass is 463 g/mol. The van der Waals surface area contributed by atoms with E-state index in [-0.39, 0.29) is 35.9 Å². The predicted molar refractivity (Wildman–Crippen MR) is 122 cm³/mol. The number of carbonyl (C=O) groups is 1. The highest BCUT2D eigenvalue weighted by molar-refractivity contribution is 5.81. The Hall–Kier alpha value is -4.56. The smallest absolute Gasteiger partial charge is 0.280 e. The van der Waals surface area contributed by atoms with Crippen molar-refractivity contribution in [3.63, 3.8) is 0 Å². The number of benzene rings is 1. The normalized spacial score (nSPS) is 10.9. The van der Waals surface area contributed by atoms with Crippen LogP contribution >= 0.6 is 0 Å². The summed E-state index contributed by atoms with van der Waals surface area (Å²) in [5, 5.41) is 24.4. The van der Waals surface area contributed by atoms with Crippen LogP contribution in [0.25, 0.3) is 11.3 Å². The second-order valence-electron chi connectivity index (χ2n) is 7.39. The number of hydrogen-bond donors (Lipinski definition) is 1. The van der Waals surface area contributed by atoms with E-state index in [0.717, 1.165) is 5.56 Å². The standard InChI is InChI=1S/C23H21N5O6/c1-14-4-6-18(20(8-14)28(31)32)21-7-5-17(34-21)11-25-26-22(29)12-27-15(2)9-16(13-33-3)19(10-24)23(27)30/h4-9,11H,12-13H2,1-3H3,(H,26,29). The summed E-state index contributed by atoms with van der Waals surface area (Å²) >= 11 is 0. The minimum Gasteiger partial charge on any atom is -0.455 e. The molecule has 3 rings (SSSR count). The number of hydrazone groups is 1. The number of nitro groups is 1. The van der Waals surface area contributed by atoms with Crippen molar-refractivity contribution in [2.75, 3.05) is 7.11 Å². The first-order chi connectivity index (χ1) is 16.2. The number of aryl methyl sites for hydroxylation is 2. The largest absolute Gasteiger partial charge is 0.455 e. The van der Waals surface area contributed by atoms with Crippen molar-refractivity contribution >= 4 is 17.8 Å². The number of amides is 1. The van der Waals surface area contributed by atoms with Gasteiger partial charge in [-0.25, -0.2) is 5.43 Å². The summed E-state index contributed by atoms with van der Waals surface area (Å²) in [6.45, 7) is 3.16. The average molecular weight is 463 g/mol. The number of furan rings is 1. The Morgan fingerprint density at radius 1 is 1.32 bits per heavy atom. The number of nitro benzene ring substituents is 1. The van der Waals surface area contributed by atoms with Gasteiger partial charge >= 0.3 is 0 Å². The Morgan fingerprint density at radius 3 is 2.76 bits per heavy atom. The molecule has 1 aromatic carbocycles. The topological polar surface area (TPSA) is 153 Å². The van der Waals surface area contributed by atoms with E-state index in [1.807, 2.05) is 6.07 Å². The molecule has 1 amide bonds. The number of methoxy groups -OCH3 is 1. The lowest BCUT2D eigenvalue weighted by Crippen LogP contribution is -2.33. The van der Waals surface area contributed by atoms with E-state index in [4.69, 9.17) is 9.15 Å². The Balaban J connectivity index is 1.72. The molecule has 2 heterocycles. The molecule has 3 aromatic rings. The number of rotatable bonds is 8. The van der Waals surface area contributed by atoms with Gasteiger partial charge in [0.2, 0.25) is 0 Å². The molecule has 0 saturated heterocycles. The van der Waals surface area contributed by atoms with Gasteiger partial charge in [0.15, 0.2) is 0 Å². The van der Waals surface area contributed by atoms with Crippen LogP contribution in [-0.4, -0.2) is 28.7 Å². The van der Waals surface area contributed by atoms with E-state index < -0.39 is 16.4 Å². The minimum absolute atomic E-state index is 0.0831. The number of nitrogens with zero attached hydrogens (tertiary/aromatic N) is 4. The summed E-state index contributed by atoms with van der Waals surface area (Å²) in [5.74, 6) is -0.0539. The van der Waals surface area contributed by atoms with E-state index in [0.29, 0.717) is 16.8 Å². The zero-order valence-electron chi connectivity index (χ0n) is 18.7. The van der Waals surface area contributed by atoms with Crippen LogP contribution in [0.15, 0.2) is 50.7 Å². The number of ether oxygens (including phenoxy) is 1. The van der Waals surface area contributed by atoms with Gasteiger partial charge in [-0.05, 0) is 43.7 Å². The highest BCUT2D eigenvalue weighted by Crippen LogP contribution is 2.31. The molecule has 0 aliphatic rings. The van der Waals surface area contributed by atoms with Crippen LogP contribution in [0.3, 0.4) is 0 Å². The van der Waals surface area contributed by atoms with Crippen LogP contribution in [0.1, 0.15) is 28.1 Å². The van der Waals surface area contributed by atoms with Crippen LogP contribution in [0.2, 0.25) is 0 Å². The summed E-state index contributed by atoms with van der Waals surface area (Å²) in [5.41, 5.74) is 3.53. The summed E-state index contributed by atoms with van der Waals surface area (Å²) in [6, 6.07) is 11.4. The quantitative estimate of drug-likeness (QED) is 0.306. The summed E-state index contributed by atoms with van der Waals surface area (Å²) in [7, 11) is 1.46. The summed E-state index contributed by atoms with van der Waals surface area (Å²) in [4.78, 5) is 35.7. The molecule has 0 unspecified atom stereocenters. The number of nitriles is 1. The highest BCUT2D eigenvalue weighted by Gasteiger charge is 2.18. The Kier molecular flexibility index (Phi) is 7.35. The molecule has 1 N–H and O–H groups in total. The zero-order valence-corrected chi connectivity index (χ0v) is 18.7. The van der Waals surface area contributed by atoms with Crippen LogP contribution in [-0.2, 0) is 22.7 Å². The van der Waals surface area contributed by atoms with Gasteiger partial charge in [0.25, 0.3) is 17.2 Å². The van der Waals surface area contributed by atoms with Crippen molar-refractivity contribution in [3.05, 3.63) is 85.0 Å². The van der Waals surface area contributed by atoms with Gasteiger partial charge in [-0.15, -0.1) is 0 Å². The molecule has 0 spiro atoms. The molecule has 11 nitrogen and oxygen atoms in total. The van der Waals surface area contributed by atoms with E-state index in [9.17, 15) is 25.0 Å². The molecule has 2 aromatic heterocycles. The number of carbonyl (C=O) groups excluding carboxylic acids is 1. The predicted octanol–water partition coefficient (Wildman–Crippen LogP) is 2.80. The van der Waals surface area contributed by atoms with Crippen molar-refractivity contribution in [2.24, 2.45) is 5.10 Å². The SMILES string of the molecule is COCc1cc(C)n(CC(=O)NN=Cc2ccc(-c3ccc(C)cc3[N+](=O)[O-])o2)c(=O)c1C#N. The Morgan fingerprint density at radius 2 is 2.09 bits per heavy atom. The van der Waals surface area contributed by atoms with Crippen LogP contribution < -0.4 is 11.0 Å². The highest BCUT2D eigenvalue weighted by atomic mass is 16.6. The number of nitrogens with one attached hydrogen (secondary N) is 1. The zero-order chi connectivity index (χ0) is 24.8. The molecule has 0 bridgehead atoms. The molecule has 11 heteroatoms. The first-order valence-electron chi connectivity index (χ1n) is 10.0. The second-order valence-corrected chi connectivity index (χ2v) is 7.39. The van der Waals surface area contributed by atoms with Crippen molar-refractivity contribution in [2.45, 2.75) is 27.0 Å². The molecule has 34 heavy (non-hydrogen) atoms. The van der Waals surface area contributed by atoms with Crippen molar-refractivity contribution in [3.8, 4) is 17.4 Å². The molecule has 0 atom stereocenters. The fourth-order valence-corrected chi connectivity index (χ4v) is 3.34. The molecule has 0 aliphatic heterocycles. The molecule has 0 fully saturated rings. The van der Waals surface area contributed by atoms with E-state index in [1.54, 1.807) is 44.2 Å². The molecule has 174 valence electrons. The van der Waals surface area contributed by atoms with Crippen molar-refractivity contribution < 1.29 is 18.9 Å². The van der Waals surface area contributed by atoms with Gasteiger partial charge in [-0.1, -0.05) is 6.07 Å². The van der Waals surface area contributed by atoms with Gasteiger partial charge in [0.05, 0.1) is 23.3 Å². The molecular formula is C23H21N5O6. The maximum atomic E-state index is 12.6. The number of hydrogen-bond acceptors (Lipinski definition) is 8. The van der Waals surface area contributed by atoms with Crippen LogP contribution in [0, 0.1) is 35.3 Å². The number of aromatic nitrogens is 1. The molecular weight excluding hydrogens is 442 g/mol. The van der Waals surface area contributed by atoms with Gasteiger partial charge in [-0.2, -0.15) is 10.4 Å².